The molecule has 1 atom stereocenters. The predicted octanol–water partition coefficient (Wildman–Crippen LogP) is 4.12. The molecule has 2 fully saturated rings. The highest BCUT2D eigenvalue weighted by atomic mass is 19.1. The maximum atomic E-state index is 13.2. The zero-order chi connectivity index (χ0) is 18.4. The van der Waals surface area contributed by atoms with Gasteiger partial charge in [-0.25, -0.2) is 4.39 Å². The van der Waals surface area contributed by atoms with Gasteiger partial charge in [0.25, 0.3) is 5.91 Å². The quantitative estimate of drug-likeness (QED) is 0.818. The van der Waals surface area contributed by atoms with Gasteiger partial charge < -0.3 is 4.90 Å². The summed E-state index contributed by atoms with van der Waals surface area (Å²) in [5.74, 6) is -0.0441. The first-order valence-corrected chi connectivity index (χ1v) is 10.1. The van der Waals surface area contributed by atoms with Crippen LogP contribution in [-0.4, -0.2) is 47.4 Å². The number of hydrogen-bond acceptors (Lipinski definition) is 2. The van der Waals surface area contributed by atoms with E-state index in [2.05, 4.69) is 15.9 Å². The lowest BCUT2D eigenvalue weighted by molar-refractivity contribution is 0.0647. The first-order chi connectivity index (χ1) is 13.2. The molecule has 3 nitrogen and oxygen atoms in total. The average Bonchev–Trinajstić information content (AvgIpc) is 3.10. The number of likely N-dealkylation sites (tertiary alicyclic amines) is 1. The number of amides is 1. The minimum atomic E-state index is -0.227. The molecule has 0 unspecified atom stereocenters. The maximum Gasteiger partial charge on any atom is 0.254 e. The van der Waals surface area contributed by atoms with Gasteiger partial charge in [-0.2, -0.15) is 0 Å². The largest absolute Gasteiger partial charge is 0.334 e. The van der Waals surface area contributed by atoms with Gasteiger partial charge in [-0.15, -0.1) is 0 Å². The third kappa shape index (κ3) is 3.06. The summed E-state index contributed by atoms with van der Waals surface area (Å²) in [6, 6.07) is 13.7. The van der Waals surface area contributed by atoms with E-state index in [-0.39, 0.29) is 11.7 Å². The Bertz CT molecular complexity index is 859. The monoisotopic (exact) mass is 364 g/mol. The third-order valence-electron chi connectivity index (χ3n) is 6.62. The molecule has 0 N–H and O–H groups in total. The van der Waals surface area contributed by atoms with Crippen LogP contribution in [0, 0.1) is 5.82 Å². The number of carbonyl (C=O) groups is 1. The summed E-state index contributed by atoms with van der Waals surface area (Å²) < 4.78 is 13.2. The molecular formula is C23H25FN2O. The molecular weight excluding hydrogens is 339 g/mol. The van der Waals surface area contributed by atoms with E-state index >= 15 is 0 Å². The normalized spacial score (nSPS) is 23.4. The summed E-state index contributed by atoms with van der Waals surface area (Å²) >= 11 is 0. The van der Waals surface area contributed by atoms with Gasteiger partial charge >= 0.3 is 0 Å². The molecule has 2 aliphatic heterocycles. The molecule has 2 aromatic rings. The Morgan fingerprint density at radius 3 is 2.41 bits per heavy atom. The summed E-state index contributed by atoms with van der Waals surface area (Å²) in [7, 11) is 0. The fraction of sp³-hybridized carbons (Fsp3) is 0.435. The molecule has 1 saturated carbocycles. The highest BCUT2D eigenvalue weighted by Gasteiger charge is 2.37. The lowest BCUT2D eigenvalue weighted by Crippen LogP contribution is -2.47. The van der Waals surface area contributed by atoms with Gasteiger partial charge in [0, 0.05) is 37.3 Å². The maximum absolute atomic E-state index is 13.2. The van der Waals surface area contributed by atoms with Crippen LogP contribution in [0.3, 0.4) is 0 Å². The topological polar surface area (TPSA) is 23.6 Å². The van der Waals surface area contributed by atoms with Crippen molar-refractivity contribution < 1.29 is 9.18 Å². The summed E-state index contributed by atoms with van der Waals surface area (Å²) in [4.78, 5) is 17.8. The molecule has 5 rings (SSSR count). The molecule has 2 heterocycles. The first-order valence-electron chi connectivity index (χ1n) is 10.1. The van der Waals surface area contributed by atoms with E-state index in [1.165, 1.54) is 31.4 Å². The van der Waals surface area contributed by atoms with Crippen LogP contribution in [0.4, 0.5) is 4.39 Å². The Hall–Kier alpha value is -2.20. The minimum Gasteiger partial charge on any atom is -0.334 e. The lowest BCUT2D eigenvalue weighted by atomic mass is 9.92. The van der Waals surface area contributed by atoms with E-state index in [1.807, 2.05) is 12.1 Å². The molecule has 0 radical (unpaired) electrons. The molecule has 140 valence electrons. The standard InChI is InChI=1S/C23H25FN2O/c24-19-7-4-16(5-8-19)17-6-9-22-18(14-17)10-13-26(23(22)27)21-11-12-25(15-21)20-2-1-3-20/h4-9,14,20-21H,1-3,10-13,15H2/t21-/m0/s1. The Labute approximate surface area is 159 Å². The SMILES string of the molecule is O=C1c2ccc(-c3ccc(F)cc3)cc2CCN1[C@H]1CCN(C2CCC2)C1. The molecule has 27 heavy (non-hydrogen) atoms. The van der Waals surface area contributed by atoms with Crippen molar-refractivity contribution in [1.82, 2.24) is 9.80 Å². The van der Waals surface area contributed by atoms with Crippen molar-refractivity contribution >= 4 is 5.91 Å². The first kappa shape index (κ1) is 16.9. The molecule has 1 amide bonds. The van der Waals surface area contributed by atoms with Crippen LogP contribution in [0.2, 0.25) is 0 Å². The second-order valence-corrected chi connectivity index (χ2v) is 8.15. The van der Waals surface area contributed by atoms with Crippen molar-refractivity contribution in [2.24, 2.45) is 0 Å². The van der Waals surface area contributed by atoms with Gasteiger partial charge in [-0.1, -0.05) is 30.7 Å². The minimum absolute atomic E-state index is 0.183. The van der Waals surface area contributed by atoms with Crippen molar-refractivity contribution in [3.05, 3.63) is 59.4 Å². The van der Waals surface area contributed by atoms with Crippen molar-refractivity contribution in [3.8, 4) is 11.1 Å². The molecule has 1 aliphatic carbocycles. The van der Waals surface area contributed by atoms with Crippen molar-refractivity contribution in [2.45, 2.75) is 44.2 Å². The van der Waals surface area contributed by atoms with Gasteiger partial charge in [-0.3, -0.25) is 9.69 Å². The highest BCUT2D eigenvalue weighted by molar-refractivity contribution is 5.97. The number of carbonyl (C=O) groups excluding carboxylic acids is 1. The fourth-order valence-electron chi connectivity index (χ4n) is 4.78. The van der Waals surface area contributed by atoms with Gasteiger partial charge in [0.1, 0.15) is 5.82 Å². The molecule has 2 aromatic carbocycles. The second-order valence-electron chi connectivity index (χ2n) is 8.15. The summed E-state index contributed by atoms with van der Waals surface area (Å²) in [5, 5.41) is 0. The van der Waals surface area contributed by atoms with E-state index in [1.54, 1.807) is 12.1 Å². The Balaban J connectivity index is 1.34. The van der Waals surface area contributed by atoms with Gasteiger partial charge in [-0.05, 0) is 60.6 Å². The van der Waals surface area contributed by atoms with Crippen LogP contribution in [0.1, 0.15) is 41.6 Å². The fourth-order valence-corrected chi connectivity index (χ4v) is 4.78. The smallest absolute Gasteiger partial charge is 0.254 e. The predicted molar refractivity (Wildman–Crippen MR) is 104 cm³/mol. The van der Waals surface area contributed by atoms with E-state index in [4.69, 9.17) is 0 Å². The second kappa shape index (κ2) is 6.75. The number of halogens is 1. The summed E-state index contributed by atoms with van der Waals surface area (Å²) in [6.07, 6.45) is 6.02. The van der Waals surface area contributed by atoms with Crippen LogP contribution in [0.15, 0.2) is 42.5 Å². The average molecular weight is 364 g/mol. The van der Waals surface area contributed by atoms with Gasteiger partial charge in [0.2, 0.25) is 0 Å². The molecule has 4 heteroatoms. The van der Waals surface area contributed by atoms with Crippen molar-refractivity contribution in [1.29, 1.82) is 0 Å². The van der Waals surface area contributed by atoms with Crippen molar-refractivity contribution in [2.75, 3.05) is 19.6 Å². The van der Waals surface area contributed by atoms with Crippen LogP contribution < -0.4 is 0 Å². The number of hydrogen-bond donors (Lipinski definition) is 0. The summed E-state index contributed by atoms with van der Waals surface area (Å²) in [5.41, 5.74) is 3.99. The van der Waals surface area contributed by atoms with Crippen LogP contribution in [-0.2, 0) is 6.42 Å². The molecule has 0 aromatic heterocycles. The zero-order valence-electron chi connectivity index (χ0n) is 15.5. The summed E-state index contributed by atoms with van der Waals surface area (Å²) in [6.45, 7) is 2.98. The van der Waals surface area contributed by atoms with Crippen molar-refractivity contribution in [3.63, 3.8) is 0 Å². The van der Waals surface area contributed by atoms with Crippen LogP contribution >= 0.6 is 0 Å². The molecule has 3 aliphatic rings. The number of benzene rings is 2. The Kier molecular flexibility index (Phi) is 4.24. The third-order valence-corrected chi connectivity index (χ3v) is 6.62. The van der Waals surface area contributed by atoms with Crippen LogP contribution in [0.5, 0.6) is 0 Å². The van der Waals surface area contributed by atoms with E-state index < -0.39 is 0 Å². The number of fused-ring (bicyclic) bond motifs is 1. The Morgan fingerprint density at radius 2 is 1.67 bits per heavy atom. The molecule has 0 spiro atoms. The van der Waals surface area contributed by atoms with E-state index in [9.17, 15) is 9.18 Å². The van der Waals surface area contributed by atoms with Crippen LogP contribution in [0.25, 0.3) is 11.1 Å². The highest BCUT2D eigenvalue weighted by Crippen LogP contribution is 2.32. The lowest BCUT2D eigenvalue weighted by Gasteiger charge is -2.37. The molecule has 1 saturated heterocycles. The van der Waals surface area contributed by atoms with E-state index in [0.29, 0.717) is 6.04 Å². The number of rotatable bonds is 3. The van der Waals surface area contributed by atoms with E-state index in [0.717, 1.165) is 60.8 Å². The zero-order valence-corrected chi connectivity index (χ0v) is 15.5. The molecule has 0 bridgehead atoms. The van der Waals surface area contributed by atoms with Gasteiger partial charge in [0.15, 0.2) is 0 Å². The van der Waals surface area contributed by atoms with Gasteiger partial charge in [0.05, 0.1) is 0 Å². The number of nitrogens with zero attached hydrogens (tertiary/aromatic N) is 2. The Morgan fingerprint density at radius 1 is 0.889 bits per heavy atom.